The summed E-state index contributed by atoms with van der Waals surface area (Å²) in [7, 11) is 0. The van der Waals surface area contributed by atoms with Gasteiger partial charge in [-0.1, -0.05) is 0 Å². The zero-order valence-corrected chi connectivity index (χ0v) is 15.5. The van der Waals surface area contributed by atoms with Crippen molar-refractivity contribution >= 4 is 11.0 Å². The summed E-state index contributed by atoms with van der Waals surface area (Å²) >= 11 is 0. The molecule has 2 aliphatic rings. The average molecular weight is 392 g/mol. The third kappa shape index (κ3) is 3.21. The van der Waals surface area contributed by atoms with Crippen LogP contribution in [0.3, 0.4) is 0 Å². The van der Waals surface area contributed by atoms with Crippen LogP contribution in [0.1, 0.15) is 29.5 Å². The van der Waals surface area contributed by atoms with E-state index in [1.165, 1.54) is 0 Å². The summed E-state index contributed by atoms with van der Waals surface area (Å²) in [5.41, 5.74) is 2.35. The van der Waals surface area contributed by atoms with Gasteiger partial charge in [-0.15, -0.1) is 0 Å². The third-order valence-corrected chi connectivity index (χ3v) is 5.52. The lowest BCUT2D eigenvalue weighted by Gasteiger charge is -2.39. The molecule has 0 unspecified atom stereocenters. The first-order chi connectivity index (χ1) is 13.4. The molecule has 1 aliphatic heterocycles. The van der Waals surface area contributed by atoms with E-state index in [4.69, 9.17) is 13.9 Å². The first kappa shape index (κ1) is 19.4. The van der Waals surface area contributed by atoms with Crippen molar-refractivity contribution in [1.29, 1.82) is 0 Å². The minimum Gasteiger partial charge on any atom is -0.461 e. The van der Waals surface area contributed by atoms with E-state index in [2.05, 4.69) is 0 Å². The van der Waals surface area contributed by atoms with Gasteiger partial charge in [-0.2, -0.15) is 0 Å². The van der Waals surface area contributed by atoms with Crippen LogP contribution in [-0.2, 0) is 17.6 Å². The van der Waals surface area contributed by atoms with Crippen molar-refractivity contribution < 1.29 is 34.3 Å². The zero-order chi connectivity index (χ0) is 20.0. The molecule has 0 spiro atoms. The van der Waals surface area contributed by atoms with Gasteiger partial charge in [-0.05, 0) is 55.9 Å². The normalized spacial score (nSPS) is 30.2. The molecule has 152 valence electrons. The molecule has 0 radical (unpaired) electrons. The van der Waals surface area contributed by atoms with E-state index < -0.39 is 37.3 Å². The number of ether oxygens (including phenoxy) is 2. The van der Waals surface area contributed by atoms with E-state index in [1.807, 2.05) is 6.92 Å². The van der Waals surface area contributed by atoms with Crippen LogP contribution in [0.5, 0.6) is 5.75 Å². The second-order valence-electron chi connectivity index (χ2n) is 7.51. The van der Waals surface area contributed by atoms with Crippen molar-refractivity contribution in [2.75, 3.05) is 6.61 Å². The summed E-state index contributed by atoms with van der Waals surface area (Å²) in [4.78, 5) is 12.3. The van der Waals surface area contributed by atoms with Gasteiger partial charge in [0.05, 0.1) is 12.0 Å². The molecule has 5 atom stereocenters. The first-order valence-corrected chi connectivity index (χ1v) is 9.47. The topological polar surface area (TPSA) is 130 Å². The minimum atomic E-state index is -1.53. The van der Waals surface area contributed by atoms with Crippen LogP contribution in [-0.4, -0.2) is 57.7 Å². The van der Waals surface area contributed by atoms with E-state index in [-0.39, 0.29) is 5.63 Å². The Bertz CT molecular complexity index is 934. The predicted octanol–water partition coefficient (Wildman–Crippen LogP) is 0.159. The van der Waals surface area contributed by atoms with E-state index in [9.17, 15) is 25.2 Å². The van der Waals surface area contributed by atoms with Crippen LogP contribution in [0.4, 0.5) is 0 Å². The molecule has 4 N–H and O–H groups in total. The lowest BCUT2D eigenvalue weighted by Crippen LogP contribution is -2.60. The quantitative estimate of drug-likeness (QED) is 0.544. The minimum absolute atomic E-state index is 0.341. The van der Waals surface area contributed by atoms with Crippen molar-refractivity contribution in [3.05, 3.63) is 39.2 Å². The highest BCUT2D eigenvalue weighted by Crippen LogP contribution is 2.36. The Morgan fingerprint density at radius 1 is 1.07 bits per heavy atom. The van der Waals surface area contributed by atoms with Crippen molar-refractivity contribution in [2.45, 2.75) is 63.3 Å². The number of rotatable bonds is 3. The maximum atomic E-state index is 12.3. The Morgan fingerprint density at radius 2 is 1.79 bits per heavy atom. The number of aryl methyl sites for hydroxylation is 2. The molecule has 1 aromatic heterocycles. The summed E-state index contributed by atoms with van der Waals surface area (Å²) in [6.07, 6.45) is -3.65. The molecule has 0 saturated carbocycles. The van der Waals surface area contributed by atoms with Crippen molar-refractivity contribution in [1.82, 2.24) is 0 Å². The summed E-state index contributed by atoms with van der Waals surface area (Å²) < 4.78 is 16.9. The van der Waals surface area contributed by atoms with Gasteiger partial charge in [-0.25, -0.2) is 4.79 Å². The first-order valence-electron chi connectivity index (χ1n) is 9.47. The largest absolute Gasteiger partial charge is 0.461 e. The molecule has 0 bridgehead atoms. The lowest BCUT2D eigenvalue weighted by molar-refractivity contribution is -0.277. The van der Waals surface area contributed by atoms with Crippen LogP contribution < -0.4 is 10.4 Å². The molecule has 2 aromatic rings. The number of aliphatic hydroxyl groups is 4. The standard InChI is InChI=1S/C20H24O8/c1-9-6-12-15(10-4-2-3-5-11(10)19(25)26-12)13(7-9)27-20-18(24)17(23)16(22)14(8-21)28-20/h6-7,14,16-18,20-24H,2-5,8H2,1H3/t14-,16+,17+,18-,20-/m1/s1. The summed E-state index contributed by atoms with van der Waals surface area (Å²) in [6, 6.07) is 3.50. The fraction of sp³-hybridized carbons (Fsp3) is 0.550. The number of hydrogen-bond acceptors (Lipinski definition) is 8. The fourth-order valence-electron chi connectivity index (χ4n) is 4.05. The monoisotopic (exact) mass is 392 g/mol. The highest BCUT2D eigenvalue weighted by molar-refractivity contribution is 5.88. The predicted molar refractivity (Wildman–Crippen MR) is 98.3 cm³/mol. The average Bonchev–Trinajstić information content (AvgIpc) is 2.68. The van der Waals surface area contributed by atoms with Crippen LogP contribution in [0.25, 0.3) is 11.0 Å². The molecule has 8 heteroatoms. The Morgan fingerprint density at radius 3 is 2.50 bits per heavy atom. The summed E-state index contributed by atoms with van der Waals surface area (Å²) in [6.45, 7) is 1.28. The Labute approximate surface area is 160 Å². The molecule has 1 aliphatic carbocycles. The molecule has 2 heterocycles. The van der Waals surface area contributed by atoms with Crippen molar-refractivity contribution in [3.63, 3.8) is 0 Å². The van der Waals surface area contributed by atoms with Gasteiger partial charge >= 0.3 is 5.63 Å². The molecule has 4 rings (SSSR count). The maximum Gasteiger partial charge on any atom is 0.339 e. The second kappa shape index (κ2) is 7.46. The molecular formula is C20H24O8. The van der Waals surface area contributed by atoms with Crippen LogP contribution in [0.15, 0.2) is 21.3 Å². The zero-order valence-electron chi connectivity index (χ0n) is 15.5. The Balaban J connectivity index is 1.79. The van der Waals surface area contributed by atoms with Gasteiger partial charge in [0.15, 0.2) is 0 Å². The SMILES string of the molecule is Cc1cc(O[C@@H]2O[C@H](CO)[C@H](O)[C@H](O)[C@H]2O)c2c3c(c(=O)oc2c1)CCCC3. The molecule has 1 fully saturated rings. The summed E-state index contributed by atoms with van der Waals surface area (Å²) in [5.74, 6) is 0.362. The van der Waals surface area contributed by atoms with Crippen molar-refractivity contribution in [2.24, 2.45) is 0 Å². The van der Waals surface area contributed by atoms with Gasteiger partial charge in [0, 0.05) is 5.56 Å². The van der Waals surface area contributed by atoms with Crippen molar-refractivity contribution in [3.8, 4) is 5.75 Å². The fourth-order valence-corrected chi connectivity index (χ4v) is 4.05. The van der Waals surface area contributed by atoms with Crippen LogP contribution >= 0.6 is 0 Å². The second-order valence-corrected chi connectivity index (χ2v) is 7.51. The number of fused-ring (bicyclic) bond motifs is 3. The third-order valence-electron chi connectivity index (χ3n) is 5.52. The van der Waals surface area contributed by atoms with Gasteiger partial charge in [0.25, 0.3) is 0 Å². The molecular weight excluding hydrogens is 368 g/mol. The lowest BCUT2D eigenvalue weighted by atomic mass is 9.90. The van der Waals surface area contributed by atoms with Gasteiger partial charge in [0.1, 0.15) is 35.7 Å². The maximum absolute atomic E-state index is 12.3. The van der Waals surface area contributed by atoms with E-state index >= 15 is 0 Å². The van der Waals surface area contributed by atoms with Gasteiger partial charge in [0.2, 0.25) is 6.29 Å². The van der Waals surface area contributed by atoms with Gasteiger partial charge in [-0.3, -0.25) is 0 Å². The summed E-state index contributed by atoms with van der Waals surface area (Å²) in [5, 5.41) is 40.3. The van der Waals surface area contributed by atoms with E-state index in [0.717, 1.165) is 24.0 Å². The highest BCUT2D eigenvalue weighted by atomic mass is 16.7. The smallest absolute Gasteiger partial charge is 0.339 e. The number of hydrogen-bond donors (Lipinski definition) is 4. The molecule has 8 nitrogen and oxygen atoms in total. The molecule has 1 aromatic carbocycles. The van der Waals surface area contributed by atoms with E-state index in [0.29, 0.717) is 35.1 Å². The van der Waals surface area contributed by atoms with Gasteiger partial charge < -0.3 is 34.3 Å². The number of benzene rings is 1. The Hall–Kier alpha value is -1.97. The highest BCUT2D eigenvalue weighted by Gasteiger charge is 2.45. The van der Waals surface area contributed by atoms with Crippen LogP contribution in [0, 0.1) is 6.92 Å². The Kier molecular flexibility index (Phi) is 5.15. The molecule has 1 saturated heterocycles. The molecule has 0 amide bonds. The molecule has 28 heavy (non-hydrogen) atoms. The number of aliphatic hydroxyl groups excluding tert-OH is 4. The van der Waals surface area contributed by atoms with E-state index in [1.54, 1.807) is 12.1 Å². The van der Waals surface area contributed by atoms with Crippen LogP contribution in [0.2, 0.25) is 0 Å².